The summed E-state index contributed by atoms with van der Waals surface area (Å²) in [6.45, 7) is 4.12. The van der Waals surface area contributed by atoms with Crippen LogP contribution in [-0.4, -0.2) is 43.4 Å². The molecular weight excluding hydrogens is 258 g/mol. The number of nitrogens with zero attached hydrogens (tertiary/aromatic N) is 1. The maximum atomic E-state index is 12.1. The van der Waals surface area contributed by atoms with Gasteiger partial charge in [0.25, 0.3) is 0 Å². The highest BCUT2D eigenvalue weighted by molar-refractivity contribution is 5.92. The molecule has 0 N–H and O–H groups in total. The lowest BCUT2D eigenvalue weighted by molar-refractivity contribution is -0.132. The molecule has 0 bridgehead atoms. The van der Waals surface area contributed by atoms with Crippen LogP contribution < -0.4 is 9.47 Å². The van der Waals surface area contributed by atoms with Gasteiger partial charge in [-0.1, -0.05) is 6.07 Å². The van der Waals surface area contributed by atoms with Crippen molar-refractivity contribution in [2.24, 2.45) is 0 Å². The minimum absolute atomic E-state index is 0.0119. The fraction of sp³-hybridized carbons (Fsp3) is 0.400. The molecule has 1 saturated heterocycles. The lowest BCUT2D eigenvalue weighted by atomic mass is 10.2. The lowest BCUT2D eigenvalue weighted by Gasteiger charge is -2.30. The summed E-state index contributed by atoms with van der Waals surface area (Å²) in [5.74, 6) is 1.48. The van der Waals surface area contributed by atoms with E-state index in [0.29, 0.717) is 19.7 Å². The van der Waals surface area contributed by atoms with E-state index in [0.717, 1.165) is 17.1 Å². The molecule has 1 aromatic carbocycles. The smallest absolute Gasteiger partial charge is 0.246 e. The second-order valence-electron chi connectivity index (χ2n) is 4.91. The molecule has 1 aromatic rings. The van der Waals surface area contributed by atoms with Gasteiger partial charge in [0.05, 0.1) is 12.7 Å². The molecule has 5 heteroatoms. The molecule has 0 aromatic heterocycles. The molecule has 1 unspecified atom stereocenters. The summed E-state index contributed by atoms with van der Waals surface area (Å²) in [5.41, 5.74) is 0.920. The summed E-state index contributed by atoms with van der Waals surface area (Å²) < 4.78 is 16.0. The third-order valence-electron chi connectivity index (χ3n) is 3.37. The summed E-state index contributed by atoms with van der Waals surface area (Å²) in [6, 6.07) is 5.62. The van der Waals surface area contributed by atoms with Crippen LogP contribution >= 0.6 is 0 Å². The average molecular weight is 275 g/mol. The second kappa shape index (κ2) is 5.54. The fourth-order valence-electron chi connectivity index (χ4n) is 2.31. The number of hydrogen-bond donors (Lipinski definition) is 0. The first-order chi connectivity index (χ1) is 9.72. The molecule has 2 aliphatic rings. The molecule has 0 spiro atoms. The van der Waals surface area contributed by atoms with Crippen molar-refractivity contribution in [3.05, 3.63) is 29.8 Å². The minimum atomic E-state index is 0.0119. The van der Waals surface area contributed by atoms with Crippen LogP contribution in [-0.2, 0) is 9.53 Å². The van der Waals surface area contributed by atoms with Crippen LogP contribution in [0.3, 0.4) is 0 Å². The molecule has 1 fully saturated rings. The summed E-state index contributed by atoms with van der Waals surface area (Å²) in [6.07, 6.45) is 3.49. The molecule has 20 heavy (non-hydrogen) atoms. The van der Waals surface area contributed by atoms with Gasteiger partial charge in [-0.05, 0) is 30.7 Å². The molecule has 0 saturated carbocycles. The van der Waals surface area contributed by atoms with Crippen molar-refractivity contribution < 1.29 is 19.0 Å². The number of carbonyl (C=O) groups is 1. The van der Waals surface area contributed by atoms with Gasteiger partial charge in [-0.2, -0.15) is 0 Å². The van der Waals surface area contributed by atoms with Crippen molar-refractivity contribution in [3.63, 3.8) is 0 Å². The van der Waals surface area contributed by atoms with Gasteiger partial charge in [-0.25, -0.2) is 0 Å². The van der Waals surface area contributed by atoms with Crippen molar-refractivity contribution in [3.8, 4) is 11.5 Å². The number of morpholine rings is 1. The third-order valence-corrected chi connectivity index (χ3v) is 3.37. The number of ether oxygens (including phenoxy) is 3. The Bertz CT molecular complexity index is 541. The van der Waals surface area contributed by atoms with Crippen LogP contribution in [0.1, 0.15) is 12.5 Å². The highest BCUT2D eigenvalue weighted by Crippen LogP contribution is 2.32. The Morgan fingerprint density at radius 2 is 2.20 bits per heavy atom. The van der Waals surface area contributed by atoms with Crippen molar-refractivity contribution >= 4 is 12.0 Å². The van der Waals surface area contributed by atoms with E-state index < -0.39 is 0 Å². The van der Waals surface area contributed by atoms with Gasteiger partial charge in [0, 0.05) is 19.2 Å². The standard InChI is InChI=1S/C15H17NO4/c1-11-9-16(6-7-18-11)15(17)5-3-12-2-4-13-14(8-12)20-10-19-13/h2-5,8,11H,6-7,9-10H2,1H3/b5-3+. The van der Waals surface area contributed by atoms with Crippen LogP contribution in [0.15, 0.2) is 24.3 Å². The molecular formula is C15H17NO4. The Morgan fingerprint density at radius 1 is 1.35 bits per heavy atom. The monoisotopic (exact) mass is 275 g/mol. The predicted molar refractivity (Wildman–Crippen MR) is 73.6 cm³/mol. The van der Waals surface area contributed by atoms with Crippen molar-refractivity contribution in [1.29, 1.82) is 0 Å². The number of hydrogen-bond acceptors (Lipinski definition) is 4. The Hall–Kier alpha value is -2.01. The van der Waals surface area contributed by atoms with E-state index in [1.54, 1.807) is 17.1 Å². The number of amides is 1. The van der Waals surface area contributed by atoms with Crippen LogP contribution in [0.4, 0.5) is 0 Å². The van der Waals surface area contributed by atoms with Crippen LogP contribution in [0.5, 0.6) is 11.5 Å². The third kappa shape index (κ3) is 2.77. The molecule has 106 valence electrons. The normalized spacial score (nSPS) is 21.4. The van der Waals surface area contributed by atoms with Gasteiger partial charge < -0.3 is 19.1 Å². The van der Waals surface area contributed by atoms with E-state index in [2.05, 4.69) is 0 Å². The minimum Gasteiger partial charge on any atom is -0.454 e. The van der Waals surface area contributed by atoms with Crippen molar-refractivity contribution in [1.82, 2.24) is 4.90 Å². The average Bonchev–Trinajstić information content (AvgIpc) is 2.92. The molecule has 1 atom stereocenters. The quantitative estimate of drug-likeness (QED) is 0.770. The van der Waals surface area contributed by atoms with E-state index in [-0.39, 0.29) is 18.8 Å². The van der Waals surface area contributed by atoms with Gasteiger partial charge in [0.1, 0.15) is 0 Å². The maximum absolute atomic E-state index is 12.1. The van der Waals surface area contributed by atoms with Crippen LogP contribution in [0.2, 0.25) is 0 Å². The highest BCUT2D eigenvalue weighted by atomic mass is 16.7. The van der Waals surface area contributed by atoms with Gasteiger partial charge in [0.15, 0.2) is 11.5 Å². The first-order valence-corrected chi connectivity index (χ1v) is 6.70. The van der Waals surface area contributed by atoms with E-state index in [1.807, 2.05) is 25.1 Å². The van der Waals surface area contributed by atoms with Crippen LogP contribution in [0.25, 0.3) is 6.08 Å². The number of carbonyl (C=O) groups excluding carboxylic acids is 1. The van der Waals surface area contributed by atoms with Crippen LogP contribution in [0, 0.1) is 0 Å². The first-order valence-electron chi connectivity index (χ1n) is 6.70. The topological polar surface area (TPSA) is 48.0 Å². The predicted octanol–water partition coefficient (Wildman–Crippen LogP) is 1.68. The Labute approximate surface area is 117 Å². The van der Waals surface area contributed by atoms with E-state index >= 15 is 0 Å². The first kappa shape index (κ1) is 13.0. The van der Waals surface area contributed by atoms with Crippen molar-refractivity contribution in [2.45, 2.75) is 13.0 Å². The largest absolute Gasteiger partial charge is 0.454 e. The van der Waals surface area contributed by atoms with Crippen molar-refractivity contribution in [2.75, 3.05) is 26.5 Å². The van der Waals surface area contributed by atoms with E-state index in [9.17, 15) is 4.79 Å². The Balaban J connectivity index is 1.66. The molecule has 1 amide bonds. The molecule has 5 nitrogen and oxygen atoms in total. The molecule has 0 aliphatic carbocycles. The summed E-state index contributed by atoms with van der Waals surface area (Å²) in [4.78, 5) is 13.9. The number of rotatable bonds is 2. The van der Waals surface area contributed by atoms with E-state index in [1.165, 1.54) is 0 Å². The number of fused-ring (bicyclic) bond motifs is 1. The zero-order valence-electron chi connectivity index (χ0n) is 11.4. The molecule has 0 radical (unpaired) electrons. The lowest BCUT2D eigenvalue weighted by Crippen LogP contribution is -2.43. The highest BCUT2D eigenvalue weighted by Gasteiger charge is 2.19. The Kier molecular flexibility index (Phi) is 3.60. The summed E-state index contributed by atoms with van der Waals surface area (Å²) in [7, 11) is 0. The van der Waals surface area contributed by atoms with Gasteiger partial charge >= 0.3 is 0 Å². The molecule has 2 aliphatic heterocycles. The van der Waals surface area contributed by atoms with Gasteiger partial charge in [0.2, 0.25) is 12.7 Å². The second-order valence-corrected chi connectivity index (χ2v) is 4.91. The molecule has 2 heterocycles. The van der Waals surface area contributed by atoms with Gasteiger partial charge in [-0.3, -0.25) is 4.79 Å². The zero-order chi connectivity index (χ0) is 13.9. The zero-order valence-corrected chi connectivity index (χ0v) is 11.4. The van der Waals surface area contributed by atoms with E-state index in [4.69, 9.17) is 14.2 Å². The Morgan fingerprint density at radius 3 is 3.05 bits per heavy atom. The van der Waals surface area contributed by atoms with Gasteiger partial charge in [-0.15, -0.1) is 0 Å². The molecule has 3 rings (SSSR count). The summed E-state index contributed by atoms with van der Waals surface area (Å²) in [5, 5.41) is 0. The summed E-state index contributed by atoms with van der Waals surface area (Å²) >= 11 is 0. The number of benzene rings is 1. The SMILES string of the molecule is CC1CN(C(=O)/C=C/c2ccc3c(c2)OCO3)CCO1. The fourth-order valence-corrected chi connectivity index (χ4v) is 2.31. The maximum Gasteiger partial charge on any atom is 0.246 e.